The molecule has 2 aliphatic rings. The average molecular weight is 489 g/mol. The normalized spacial score (nSPS) is 18.6. The van der Waals surface area contributed by atoms with Crippen molar-refractivity contribution in [3.63, 3.8) is 0 Å². The zero-order valence-corrected chi connectivity index (χ0v) is 20.2. The first-order chi connectivity index (χ1) is 16.9. The molecule has 190 valence electrons. The second-order valence-corrected chi connectivity index (χ2v) is 8.61. The van der Waals surface area contributed by atoms with Gasteiger partial charge in [-0.15, -0.1) is 0 Å². The van der Waals surface area contributed by atoms with Crippen LogP contribution < -0.4 is 16.0 Å². The third-order valence-electron chi connectivity index (χ3n) is 6.09. The number of alkyl halides is 2. The van der Waals surface area contributed by atoms with Crippen LogP contribution in [0.25, 0.3) is 5.57 Å². The SMILES string of the molecule is CCCC(=O)N1CCC(NC2CCOC2)=C(C(=N)Nc2ccc(/C(C=N)=C/NC)c(C(F)F)c2)C1. The van der Waals surface area contributed by atoms with Gasteiger partial charge in [-0.05, 0) is 30.5 Å². The number of nitrogens with zero attached hydrogens (tertiary/aromatic N) is 1. The van der Waals surface area contributed by atoms with Gasteiger partial charge in [0.15, 0.2) is 0 Å². The summed E-state index contributed by atoms with van der Waals surface area (Å²) in [6, 6.07) is 4.59. The van der Waals surface area contributed by atoms with Crippen LogP contribution in [0, 0.1) is 10.8 Å². The quantitative estimate of drug-likeness (QED) is 0.253. The Morgan fingerprint density at radius 1 is 1.37 bits per heavy atom. The number of amides is 1. The summed E-state index contributed by atoms with van der Waals surface area (Å²) < 4.78 is 33.2. The fourth-order valence-corrected chi connectivity index (χ4v) is 4.29. The number of halogens is 2. The maximum atomic E-state index is 13.9. The van der Waals surface area contributed by atoms with Crippen molar-refractivity contribution in [1.29, 1.82) is 10.8 Å². The summed E-state index contributed by atoms with van der Waals surface area (Å²) in [7, 11) is 1.64. The van der Waals surface area contributed by atoms with Gasteiger partial charge in [0, 0.05) is 73.5 Å². The van der Waals surface area contributed by atoms with Crippen molar-refractivity contribution in [2.75, 3.05) is 38.7 Å². The Balaban J connectivity index is 1.87. The topological polar surface area (TPSA) is 113 Å². The Kier molecular flexibility index (Phi) is 9.36. The molecule has 1 aromatic rings. The van der Waals surface area contributed by atoms with E-state index in [-0.39, 0.29) is 35.5 Å². The Morgan fingerprint density at radius 3 is 2.80 bits per heavy atom. The number of rotatable bonds is 10. The summed E-state index contributed by atoms with van der Waals surface area (Å²) >= 11 is 0. The molecule has 1 unspecified atom stereocenters. The summed E-state index contributed by atoms with van der Waals surface area (Å²) in [4.78, 5) is 14.3. The average Bonchev–Trinajstić information content (AvgIpc) is 3.36. The molecule has 8 nitrogen and oxygen atoms in total. The van der Waals surface area contributed by atoms with Crippen molar-refractivity contribution < 1.29 is 18.3 Å². The lowest BCUT2D eigenvalue weighted by molar-refractivity contribution is -0.131. The van der Waals surface area contributed by atoms with Gasteiger partial charge in [-0.25, -0.2) is 8.78 Å². The van der Waals surface area contributed by atoms with E-state index >= 15 is 0 Å². The molecule has 0 bridgehead atoms. The van der Waals surface area contributed by atoms with Crippen molar-refractivity contribution in [1.82, 2.24) is 15.5 Å². The minimum Gasteiger partial charge on any atom is -0.393 e. The molecule has 1 amide bonds. The Bertz CT molecular complexity index is 1000. The maximum absolute atomic E-state index is 13.9. The lowest BCUT2D eigenvalue weighted by atomic mass is 9.99. The van der Waals surface area contributed by atoms with Gasteiger partial charge in [-0.2, -0.15) is 0 Å². The second-order valence-electron chi connectivity index (χ2n) is 8.61. The van der Waals surface area contributed by atoms with E-state index in [1.165, 1.54) is 18.3 Å². The van der Waals surface area contributed by atoms with Crippen molar-refractivity contribution >= 4 is 29.2 Å². The van der Waals surface area contributed by atoms with Crippen LogP contribution >= 0.6 is 0 Å². The highest BCUT2D eigenvalue weighted by Crippen LogP contribution is 2.30. The summed E-state index contributed by atoms with van der Waals surface area (Å²) in [5.74, 6) is 0.104. The standard InChI is InChI=1S/C25H34F2N6O2/c1-3-4-23(34)33-9-7-22(31-18-8-10-35-15-18)21(14-33)25(29)32-17-5-6-19(16(12-28)13-30-2)20(11-17)24(26)27/h5-6,11-13,18,24,28,30-31H,3-4,7-10,14-15H2,1-2H3,(H2,29,32)/b16-13+,28-12?. The number of anilines is 1. The molecular weight excluding hydrogens is 454 g/mol. The highest BCUT2D eigenvalue weighted by Gasteiger charge is 2.27. The number of allylic oxidation sites excluding steroid dienone is 1. The highest BCUT2D eigenvalue weighted by atomic mass is 19.3. The minimum atomic E-state index is -2.75. The Labute approximate surface area is 204 Å². The molecule has 0 aliphatic carbocycles. The molecule has 0 saturated carbocycles. The highest BCUT2D eigenvalue weighted by molar-refractivity contribution is 6.10. The molecule has 1 aromatic carbocycles. The van der Waals surface area contributed by atoms with Gasteiger partial charge in [0.1, 0.15) is 5.84 Å². The zero-order valence-electron chi connectivity index (χ0n) is 20.2. The first-order valence-corrected chi connectivity index (χ1v) is 11.9. The van der Waals surface area contributed by atoms with Crippen LogP contribution in [0.2, 0.25) is 0 Å². The van der Waals surface area contributed by atoms with Crippen LogP contribution in [-0.4, -0.2) is 62.3 Å². The summed E-state index contributed by atoms with van der Waals surface area (Å²) in [5, 5.41) is 25.5. The van der Waals surface area contributed by atoms with Gasteiger partial charge in [0.05, 0.1) is 19.2 Å². The number of hydrogen-bond acceptors (Lipinski definition) is 6. The van der Waals surface area contributed by atoms with Gasteiger partial charge in [0.25, 0.3) is 6.43 Å². The third-order valence-corrected chi connectivity index (χ3v) is 6.09. The van der Waals surface area contributed by atoms with Crippen LogP contribution in [0.3, 0.4) is 0 Å². The lowest BCUT2D eigenvalue weighted by Crippen LogP contribution is -2.43. The number of amidine groups is 1. The third kappa shape index (κ3) is 6.66. The van der Waals surface area contributed by atoms with Crippen LogP contribution in [-0.2, 0) is 9.53 Å². The molecule has 10 heteroatoms. The number of ether oxygens (including phenoxy) is 1. The monoisotopic (exact) mass is 488 g/mol. The zero-order chi connectivity index (χ0) is 25.4. The Hall–Kier alpha value is -3.27. The van der Waals surface area contributed by atoms with Crippen LogP contribution in [0.15, 0.2) is 35.7 Å². The lowest BCUT2D eigenvalue weighted by Gasteiger charge is -2.33. The second kappa shape index (κ2) is 12.4. The number of carbonyl (C=O) groups is 1. The number of hydrogen-bond donors (Lipinski definition) is 5. The summed E-state index contributed by atoms with van der Waals surface area (Å²) in [6.07, 6.45) is 2.40. The molecule has 2 aliphatic heterocycles. The molecule has 0 spiro atoms. The maximum Gasteiger partial charge on any atom is 0.264 e. The largest absolute Gasteiger partial charge is 0.393 e. The molecule has 0 radical (unpaired) electrons. The van der Waals surface area contributed by atoms with Crippen molar-refractivity contribution in [3.05, 3.63) is 46.8 Å². The number of carbonyl (C=O) groups excluding carboxylic acids is 1. The molecular formula is C25H34F2N6O2. The number of benzene rings is 1. The van der Waals surface area contributed by atoms with E-state index < -0.39 is 6.43 Å². The predicted molar refractivity (Wildman–Crippen MR) is 134 cm³/mol. The van der Waals surface area contributed by atoms with Gasteiger partial charge >= 0.3 is 0 Å². The van der Waals surface area contributed by atoms with Crippen molar-refractivity contribution in [3.8, 4) is 0 Å². The summed E-state index contributed by atoms with van der Waals surface area (Å²) in [5.41, 5.74) is 2.22. The van der Waals surface area contributed by atoms with E-state index in [2.05, 4.69) is 16.0 Å². The van der Waals surface area contributed by atoms with Crippen molar-refractivity contribution in [2.24, 2.45) is 0 Å². The van der Waals surface area contributed by atoms with Gasteiger partial charge < -0.3 is 31.0 Å². The molecule has 1 atom stereocenters. The molecule has 3 rings (SSSR count). The van der Waals surface area contributed by atoms with E-state index in [1.807, 2.05) is 6.92 Å². The van der Waals surface area contributed by atoms with Crippen molar-refractivity contribution in [2.45, 2.75) is 45.1 Å². The van der Waals surface area contributed by atoms with E-state index in [4.69, 9.17) is 15.6 Å². The van der Waals surface area contributed by atoms with Crippen LogP contribution in [0.1, 0.15) is 50.2 Å². The molecule has 35 heavy (non-hydrogen) atoms. The van der Waals surface area contributed by atoms with E-state index in [9.17, 15) is 13.6 Å². The van der Waals surface area contributed by atoms with Gasteiger partial charge in [-0.1, -0.05) is 13.0 Å². The fourth-order valence-electron chi connectivity index (χ4n) is 4.29. The van der Waals surface area contributed by atoms with Crippen LogP contribution in [0.4, 0.5) is 14.5 Å². The molecule has 1 saturated heterocycles. The first kappa shape index (κ1) is 26.3. The summed E-state index contributed by atoms with van der Waals surface area (Å²) in [6.45, 7) is 4.07. The predicted octanol–water partition coefficient (Wildman–Crippen LogP) is 3.89. The molecule has 0 aromatic heterocycles. The van der Waals surface area contributed by atoms with Gasteiger partial charge in [-0.3, -0.25) is 10.2 Å². The fraction of sp³-hybridized carbons (Fsp3) is 0.480. The Morgan fingerprint density at radius 2 is 2.17 bits per heavy atom. The van der Waals surface area contributed by atoms with Gasteiger partial charge in [0.2, 0.25) is 5.91 Å². The van der Waals surface area contributed by atoms with E-state index in [1.54, 1.807) is 18.0 Å². The van der Waals surface area contributed by atoms with E-state index in [0.717, 1.165) is 24.8 Å². The molecule has 1 fully saturated rings. The minimum absolute atomic E-state index is 0.0425. The van der Waals surface area contributed by atoms with E-state index in [0.29, 0.717) is 49.4 Å². The first-order valence-electron chi connectivity index (χ1n) is 11.9. The number of nitrogens with one attached hydrogen (secondary N) is 5. The smallest absolute Gasteiger partial charge is 0.264 e. The molecule has 5 N–H and O–H groups in total. The molecule has 2 heterocycles. The van der Waals surface area contributed by atoms with Crippen LogP contribution in [0.5, 0.6) is 0 Å².